The van der Waals surface area contributed by atoms with E-state index in [1.807, 2.05) is 0 Å². The van der Waals surface area contributed by atoms with Gasteiger partial charge in [-0.25, -0.2) is 4.98 Å². The second kappa shape index (κ2) is 3.79. The predicted octanol–water partition coefficient (Wildman–Crippen LogP) is 2.05. The highest BCUT2D eigenvalue weighted by Gasteiger charge is 2.40. The maximum absolute atomic E-state index is 5.85. The number of nitrogens with two attached hydrogens (primary N) is 1. The summed E-state index contributed by atoms with van der Waals surface area (Å²) in [4.78, 5) is 4.20. The summed E-state index contributed by atoms with van der Waals surface area (Å²) in [7, 11) is 0. The number of fused-ring (bicyclic) bond motifs is 2. The second-order valence-corrected chi connectivity index (χ2v) is 4.86. The molecule has 3 atom stereocenters. The summed E-state index contributed by atoms with van der Waals surface area (Å²) in [5.74, 6) is 0.742. The maximum Gasteiger partial charge on any atom is 0.133 e. The Morgan fingerprint density at radius 2 is 2.31 bits per heavy atom. The van der Waals surface area contributed by atoms with Gasteiger partial charge < -0.3 is 15.8 Å². The van der Waals surface area contributed by atoms with Gasteiger partial charge in [-0.15, -0.1) is 0 Å². The average Bonchev–Trinajstić information content (AvgIpc) is 2.77. The highest BCUT2D eigenvalue weighted by Crippen LogP contribution is 2.35. The zero-order chi connectivity index (χ0) is 11.1. The van der Waals surface area contributed by atoms with E-state index in [1.165, 1.54) is 6.42 Å². The number of ether oxygens (including phenoxy) is 1. The van der Waals surface area contributed by atoms with Crippen LogP contribution >= 0.6 is 11.6 Å². The predicted molar refractivity (Wildman–Crippen MR) is 63.6 cm³/mol. The van der Waals surface area contributed by atoms with Crippen molar-refractivity contribution >= 4 is 23.1 Å². The molecule has 2 bridgehead atoms. The van der Waals surface area contributed by atoms with Crippen LogP contribution in [0, 0.1) is 0 Å². The van der Waals surface area contributed by atoms with Gasteiger partial charge in [-0.2, -0.15) is 0 Å². The SMILES string of the molecule is Nc1cc(Cl)nc(NC2CC3CCC2O3)c1. The third kappa shape index (κ3) is 1.83. The lowest BCUT2D eigenvalue weighted by molar-refractivity contribution is 0.102. The Morgan fingerprint density at radius 3 is 2.94 bits per heavy atom. The van der Waals surface area contributed by atoms with Gasteiger partial charge in [0.15, 0.2) is 0 Å². The minimum Gasteiger partial charge on any atom is -0.399 e. The van der Waals surface area contributed by atoms with Gasteiger partial charge in [-0.1, -0.05) is 11.6 Å². The van der Waals surface area contributed by atoms with Gasteiger partial charge in [0, 0.05) is 11.8 Å². The van der Waals surface area contributed by atoms with E-state index >= 15 is 0 Å². The van der Waals surface area contributed by atoms with Crippen molar-refractivity contribution in [1.29, 1.82) is 0 Å². The number of rotatable bonds is 2. The number of hydrogen-bond acceptors (Lipinski definition) is 4. The first-order valence-electron chi connectivity index (χ1n) is 5.56. The van der Waals surface area contributed by atoms with Crippen LogP contribution in [0.4, 0.5) is 11.5 Å². The van der Waals surface area contributed by atoms with E-state index in [-0.39, 0.29) is 0 Å². The van der Waals surface area contributed by atoms with Crippen molar-refractivity contribution in [2.45, 2.75) is 37.5 Å². The van der Waals surface area contributed by atoms with Gasteiger partial charge in [0.1, 0.15) is 11.0 Å². The van der Waals surface area contributed by atoms with Crippen molar-refractivity contribution in [2.24, 2.45) is 0 Å². The van der Waals surface area contributed by atoms with Gasteiger partial charge in [-0.05, 0) is 25.3 Å². The first kappa shape index (κ1) is 10.2. The molecule has 0 aromatic carbocycles. The monoisotopic (exact) mass is 239 g/mol. The van der Waals surface area contributed by atoms with E-state index in [0.29, 0.717) is 29.1 Å². The molecular formula is C11H14ClN3O. The Morgan fingerprint density at radius 1 is 1.44 bits per heavy atom. The second-order valence-electron chi connectivity index (χ2n) is 4.47. The van der Waals surface area contributed by atoms with Crippen molar-refractivity contribution in [2.75, 3.05) is 11.1 Å². The summed E-state index contributed by atoms with van der Waals surface area (Å²) in [6.07, 6.45) is 4.14. The smallest absolute Gasteiger partial charge is 0.133 e. The third-order valence-corrected chi connectivity index (χ3v) is 3.45. The van der Waals surface area contributed by atoms with Crippen LogP contribution in [0.1, 0.15) is 19.3 Å². The standard InChI is InChI=1S/C11H14ClN3O/c12-10-3-6(13)4-11(15-10)14-8-5-7-1-2-9(8)16-7/h3-4,7-9H,1-2,5H2,(H3,13,14,15). The zero-order valence-electron chi connectivity index (χ0n) is 8.82. The van der Waals surface area contributed by atoms with Crippen molar-refractivity contribution in [3.63, 3.8) is 0 Å². The molecule has 2 aliphatic heterocycles. The van der Waals surface area contributed by atoms with Crippen LogP contribution in [0.15, 0.2) is 12.1 Å². The normalized spacial score (nSPS) is 31.9. The average molecular weight is 240 g/mol. The van der Waals surface area contributed by atoms with E-state index in [9.17, 15) is 0 Å². The van der Waals surface area contributed by atoms with E-state index in [0.717, 1.165) is 18.7 Å². The Hall–Kier alpha value is -1.00. The molecule has 0 aliphatic carbocycles. The molecule has 3 rings (SSSR count). The molecule has 86 valence electrons. The Bertz CT molecular complexity index is 392. The molecule has 3 unspecified atom stereocenters. The van der Waals surface area contributed by atoms with Crippen molar-refractivity contribution in [1.82, 2.24) is 4.98 Å². The molecule has 4 nitrogen and oxygen atoms in total. The first-order chi connectivity index (χ1) is 7.70. The number of nitrogen functional groups attached to an aromatic ring is 1. The van der Waals surface area contributed by atoms with Crippen LogP contribution < -0.4 is 11.1 Å². The van der Waals surface area contributed by atoms with Gasteiger partial charge in [0.2, 0.25) is 0 Å². The summed E-state index contributed by atoms with van der Waals surface area (Å²) in [6, 6.07) is 3.80. The fraction of sp³-hybridized carbons (Fsp3) is 0.545. The molecule has 3 N–H and O–H groups in total. The molecule has 5 heteroatoms. The van der Waals surface area contributed by atoms with Crippen LogP contribution in [0.2, 0.25) is 5.15 Å². The molecule has 1 aromatic rings. The summed E-state index contributed by atoms with van der Waals surface area (Å²) in [6.45, 7) is 0. The van der Waals surface area contributed by atoms with Crippen LogP contribution in [0.25, 0.3) is 0 Å². The number of hydrogen-bond donors (Lipinski definition) is 2. The van der Waals surface area contributed by atoms with Crippen molar-refractivity contribution < 1.29 is 4.74 Å². The molecular weight excluding hydrogens is 226 g/mol. The highest BCUT2D eigenvalue weighted by atomic mass is 35.5. The van der Waals surface area contributed by atoms with Crippen LogP contribution in [-0.4, -0.2) is 23.2 Å². The van der Waals surface area contributed by atoms with Gasteiger partial charge in [0.25, 0.3) is 0 Å². The number of nitrogens with zero attached hydrogens (tertiary/aromatic N) is 1. The fourth-order valence-electron chi connectivity index (χ4n) is 2.57. The number of aromatic nitrogens is 1. The van der Waals surface area contributed by atoms with Gasteiger partial charge in [-0.3, -0.25) is 0 Å². The topological polar surface area (TPSA) is 60.2 Å². The molecule has 1 aromatic heterocycles. The molecule has 0 amide bonds. The molecule has 2 fully saturated rings. The van der Waals surface area contributed by atoms with Crippen molar-refractivity contribution in [3.8, 4) is 0 Å². The van der Waals surface area contributed by atoms with E-state index < -0.39 is 0 Å². The van der Waals surface area contributed by atoms with Gasteiger partial charge >= 0.3 is 0 Å². The number of nitrogens with one attached hydrogen (secondary N) is 1. The molecule has 2 aliphatic rings. The number of pyridine rings is 1. The third-order valence-electron chi connectivity index (χ3n) is 3.26. The quantitative estimate of drug-likeness (QED) is 0.776. The lowest BCUT2D eigenvalue weighted by atomic mass is 9.95. The molecule has 16 heavy (non-hydrogen) atoms. The maximum atomic E-state index is 5.85. The highest BCUT2D eigenvalue weighted by molar-refractivity contribution is 6.29. The summed E-state index contributed by atoms with van der Waals surface area (Å²) >= 11 is 5.85. The molecule has 0 radical (unpaired) electrons. The molecule has 0 spiro atoms. The molecule has 2 saturated heterocycles. The first-order valence-corrected chi connectivity index (χ1v) is 5.93. The van der Waals surface area contributed by atoms with E-state index in [4.69, 9.17) is 22.1 Å². The zero-order valence-corrected chi connectivity index (χ0v) is 9.57. The fourth-order valence-corrected chi connectivity index (χ4v) is 2.79. The Labute approximate surface area is 99.1 Å². The summed E-state index contributed by atoms with van der Waals surface area (Å²) in [5.41, 5.74) is 6.35. The number of halogens is 1. The Balaban J connectivity index is 1.74. The minimum absolute atomic E-state index is 0.326. The van der Waals surface area contributed by atoms with Crippen LogP contribution in [-0.2, 0) is 4.74 Å². The van der Waals surface area contributed by atoms with Crippen LogP contribution in [0.3, 0.4) is 0 Å². The summed E-state index contributed by atoms with van der Waals surface area (Å²) < 4.78 is 5.76. The number of anilines is 2. The molecule has 0 saturated carbocycles. The van der Waals surface area contributed by atoms with E-state index in [1.54, 1.807) is 12.1 Å². The lowest BCUT2D eigenvalue weighted by Crippen LogP contribution is -2.30. The Kier molecular flexibility index (Phi) is 2.41. The summed E-state index contributed by atoms with van der Waals surface area (Å²) in [5, 5.41) is 3.78. The molecule has 3 heterocycles. The van der Waals surface area contributed by atoms with Crippen LogP contribution in [0.5, 0.6) is 0 Å². The minimum atomic E-state index is 0.326. The van der Waals surface area contributed by atoms with Crippen molar-refractivity contribution in [3.05, 3.63) is 17.3 Å². The van der Waals surface area contributed by atoms with Gasteiger partial charge in [0.05, 0.1) is 18.2 Å². The lowest BCUT2D eigenvalue weighted by Gasteiger charge is -2.20. The van der Waals surface area contributed by atoms with E-state index in [2.05, 4.69) is 10.3 Å². The largest absolute Gasteiger partial charge is 0.399 e.